The molecule has 0 unspecified atom stereocenters. The molecule has 0 amide bonds. The highest BCUT2D eigenvalue weighted by Gasteiger charge is 2.15. The molecule has 0 N–H and O–H groups in total. The summed E-state index contributed by atoms with van der Waals surface area (Å²) in [6, 6.07) is 34.8. The largest absolute Gasteiger partial charge is 0.461 e. The van der Waals surface area contributed by atoms with Crippen molar-refractivity contribution in [2.45, 2.75) is 52.7 Å². The van der Waals surface area contributed by atoms with Gasteiger partial charge in [0.2, 0.25) is 0 Å². The van der Waals surface area contributed by atoms with Gasteiger partial charge in [-0.05, 0) is 155 Å². The zero-order chi connectivity index (χ0) is 37.7. The summed E-state index contributed by atoms with van der Waals surface area (Å²) in [5.74, 6) is -0.493. The topological polar surface area (TPSA) is 55.8 Å². The van der Waals surface area contributed by atoms with Crippen LogP contribution in [0.4, 0.5) is 17.1 Å². The van der Waals surface area contributed by atoms with Crippen LogP contribution in [-0.4, -0.2) is 11.9 Å². The van der Waals surface area contributed by atoms with Crippen molar-refractivity contribution in [2.75, 3.05) is 4.90 Å². The van der Waals surface area contributed by atoms with Crippen molar-refractivity contribution in [3.05, 3.63) is 185 Å². The number of rotatable bonds is 17. The molecule has 5 aromatic carbocycles. The zero-order valence-corrected chi connectivity index (χ0v) is 30.8. The first-order chi connectivity index (χ1) is 25.7. The molecule has 0 spiro atoms. The minimum atomic E-state index is -0.247. The first-order valence-electron chi connectivity index (χ1n) is 17.8. The van der Waals surface area contributed by atoms with Crippen LogP contribution in [0.2, 0.25) is 0 Å². The quantitative estimate of drug-likeness (QED) is 0.0903. The van der Waals surface area contributed by atoms with E-state index in [2.05, 4.69) is 112 Å². The van der Waals surface area contributed by atoms with E-state index >= 15 is 0 Å². The number of esters is 2. The summed E-state index contributed by atoms with van der Waals surface area (Å²) >= 11 is 0. The summed E-state index contributed by atoms with van der Waals surface area (Å²) in [5.41, 5.74) is 13.2. The van der Waals surface area contributed by atoms with Gasteiger partial charge in [0, 0.05) is 29.9 Å². The van der Waals surface area contributed by atoms with E-state index in [0.717, 1.165) is 61.6 Å². The molecule has 5 nitrogen and oxygen atoms in total. The fraction of sp³-hybridized carbons (Fsp3) is 0.167. The highest BCUT2D eigenvalue weighted by atomic mass is 16.5. The van der Waals surface area contributed by atoms with Crippen LogP contribution in [0.3, 0.4) is 0 Å². The van der Waals surface area contributed by atoms with Crippen molar-refractivity contribution >= 4 is 53.3 Å². The average molecular weight is 702 g/mol. The monoisotopic (exact) mass is 701 g/mol. The molecule has 0 bridgehead atoms. The third kappa shape index (κ3) is 10.7. The molecule has 0 saturated carbocycles. The lowest BCUT2D eigenvalue weighted by Gasteiger charge is -2.26. The van der Waals surface area contributed by atoms with Gasteiger partial charge in [0.25, 0.3) is 0 Å². The molecule has 0 aromatic heterocycles. The average Bonchev–Trinajstić information content (AvgIpc) is 3.19. The molecule has 0 aliphatic heterocycles. The molecule has 0 saturated heterocycles. The summed E-state index contributed by atoms with van der Waals surface area (Å²) in [6.45, 7) is 20.0. The third-order valence-corrected chi connectivity index (χ3v) is 9.19. The van der Waals surface area contributed by atoms with Crippen LogP contribution in [-0.2, 0) is 45.1 Å². The molecule has 5 heteroatoms. The molecular formula is C48H47NO4. The van der Waals surface area contributed by atoms with Gasteiger partial charge in [0.15, 0.2) is 0 Å². The molecule has 0 radical (unpaired) electrons. The van der Waals surface area contributed by atoms with Crippen LogP contribution in [0.15, 0.2) is 129 Å². The maximum absolute atomic E-state index is 12.6. The van der Waals surface area contributed by atoms with Crippen molar-refractivity contribution in [3.63, 3.8) is 0 Å². The summed E-state index contributed by atoms with van der Waals surface area (Å²) in [7, 11) is 0. The van der Waals surface area contributed by atoms with Crippen molar-refractivity contribution in [3.8, 4) is 0 Å². The van der Waals surface area contributed by atoms with Crippen LogP contribution < -0.4 is 4.90 Å². The number of hydrogen-bond donors (Lipinski definition) is 0. The second kappa shape index (κ2) is 18.3. The molecule has 268 valence electrons. The Balaban J connectivity index is 1.21. The normalized spacial score (nSPS) is 10.6. The van der Waals surface area contributed by atoms with E-state index in [4.69, 9.17) is 9.47 Å². The van der Waals surface area contributed by atoms with Gasteiger partial charge in [-0.1, -0.05) is 81.0 Å². The van der Waals surface area contributed by atoms with Gasteiger partial charge in [-0.15, -0.1) is 0 Å². The van der Waals surface area contributed by atoms with Gasteiger partial charge in [-0.3, -0.25) is 9.59 Å². The van der Waals surface area contributed by atoms with Gasteiger partial charge in [0.1, 0.15) is 13.2 Å². The van der Waals surface area contributed by atoms with E-state index in [0.29, 0.717) is 12.8 Å². The van der Waals surface area contributed by atoms with E-state index in [1.54, 1.807) is 24.3 Å². The Kier molecular flexibility index (Phi) is 13.2. The van der Waals surface area contributed by atoms with Crippen LogP contribution in [0, 0.1) is 13.8 Å². The maximum atomic E-state index is 12.6. The predicted octanol–water partition coefficient (Wildman–Crippen LogP) is 11.7. The van der Waals surface area contributed by atoms with Crippen LogP contribution in [0.5, 0.6) is 0 Å². The minimum absolute atomic E-state index is 0.205. The first kappa shape index (κ1) is 38.0. The van der Waals surface area contributed by atoms with Gasteiger partial charge >= 0.3 is 11.9 Å². The Morgan fingerprint density at radius 1 is 0.491 bits per heavy atom. The molecule has 5 rings (SSSR count). The number of nitrogens with zero attached hydrogens (tertiary/aromatic N) is 1. The van der Waals surface area contributed by atoms with Gasteiger partial charge in [-0.2, -0.15) is 0 Å². The number of hydrogen-bond acceptors (Lipinski definition) is 5. The minimum Gasteiger partial charge on any atom is -0.461 e. The Morgan fingerprint density at radius 3 is 1.23 bits per heavy atom. The first-order valence-corrected chi connectivity index (χ1v) is 17.8. The van der Waals surface area contributed by atoms with Crippen molar-refractivity contribution in [2.24, 2.45) is 0 Å². The Bertz CT molecular complexity index is 1930. The number of anilines is 3. The number of ether oxygens (including phenoxy) is 2. The van der Waals surface area contributed by atoms with Crippen LogP contribution in [0.1, 0.15) is 68.5 Å². The second-order valence-corrected chi connectivity index (χ2v) is 13.1. The molecule has 53 heavy (non-hydrogen) atoms. The lowest BCUT2D eigenvalue weighted by atomic mass is 10.0. The SMILES string of the molecule is C=Cc1cc(C=C)cc(COC(=O)CCc2ccc(N(c3ccc(CCC(=O)OCc4cc(C=C)cc(C=C)c4)cc3)c3ccc(C)c(C)c3)cc2)c1. The fourth-order valence-corrected chi connectivity index (χ4v) is 6.03. The smallest absolute Gasteiger partial charge is 0.306 e. The standard InChI is InChI=1S/C48H47NO4/c1-7-36-26-37(8-2)29-42(28-36)32-52-47(50)23-16-40-12-19-44(20-13-40)49(46-18-11-34(5)35(6)25-46)45-21-14-41(15-22-45)17-24-48(51)53-33-43-30-38(9-3)27-39(10-4)31-43/h7-15,18-22,25-31H,1-4,16-17,23-24,32-33H2,5-6H3. The summed E-state index contributed by atoms with van der Waals surface area (Å²) in [4.78, 5) is 27.5. The van der Waals surface area contributed by atoms with Crippen LogP contribution in [0.25, 0.3) is 24.3 Å². The summed E-state index contributed by atoms with van der Waals surface area (Å²) in [5, 5.41) is 0. The summed E-state index contributed by atoms with van der Waals surface area (Å²) in [6.07, 6.45) is 8.78. The lowest BCUT2D eigenvalue weighted by molar-refractivity contribution is -0.145. The Labute approximate surface area is 314 Å². The number of benzene rings is 5. The molecule has 0 heterocycles. The molecule has 0 atom stereocenters. The third-order valence-electron chi connectivity index (χ3n) is 9.19. The Morgan fingerprint density at radius 2 is 0.868 bits per heavy atom. The fourth-order valence-electron chi connectivity index (χ4n) is 6.03. The molecular weight excluding hydrogens is 655 g/mol. The van der Waals surface area contributed by atoms with E-state index in [1.165, 1.54) is 11.1 Å². The molecule has 0 aliphatic carbocycles. The highest BCUT2D eigenvalue weighted by molar-refractivity contribution is 5.77. The number of aryl methyl sites for hydroxylation is 4. The Hall–Kier alpha value is -6.20. The van der Waals surface area contributed by atoms with Gasteiger partial charge in [0.05, 0.1) is 0 Å². The van der Waals surface area contributed by atoms with E-state index in [-0.39, 0.29) is 38.0 Å². The number of carbonyl (C=O) groups excluding carboxylic acids is 2. The van der Waals surface area contributed by atoms with E-state index in [1.807, 2.05) is 36.4 Å². The van der Waals surface area contributed by atoms with Gasteiger partial charge < -0.3 is 14.4 Å². The second-order valence-electron chi connectivity index (χ2n) is 13.1. The molecule has 0 fully saturated rings. The molecule has 5 aromatic rings. The highest BCUT2D eigenvalue weighted by Crippen LogP contribution is 2.36. The van der Waals surface area contributed by atoms with E-state index < -0.39 is 0 Å². The van der Waals surface area contributed by atoms with Crippen molar-refractivity contribution < 1.29 is 19.1 Å². The van der Waals surface area contributed by atoms with Crippen LogP contribution >= 0.6 is 0 Å². The zero-order valence-electron chi connectivity index (χ0n) is 30.8. The lowest BCUT2D eigenvalue weighted by Crippen LogP contribution is -2.11. The molecule has 0 aliphatic rings. The maximum Gasteiger partial charge on any atom is 0.306 e. The number of carbonyl (C=O) groups is 2. The van der Waals surface area contributed by atoms with Gasteiger partial charge in [-0.25, -0.2) is 0 Å². The van der Waals surface area contributed by atoms with Crippen molar-refractivity contribution in [1.82, 2.24) is 0 Å². The van der Waals surface area contributed by atoms with E-state index in [9.17, 15) is 9.59 Å². The van der Waals surface area contributed by atoms with Crippen molar-refractivity contribution in [1.29, 1.82) is 0 Å². The summed E-state index contributed by atoms with van der Waals surface area (Å²) < 4.78 is 11.2. The predicted molar refractivity (Wildman–Crippen MR) is 220 cm³/mol.